The van der Waals surface area contributed by atoms with Crippen LogP contribution >= 0.6 is 11.3 Å². The number of carbonyl (C=O) groups is 1. The van der Waals surface area contributed by atoms with Crippen molar-refractivity contribution in [3.05, 3.63) is 22.7 Å². The van der Waals surface area contributed by atoms with E-state index >= 15 is 0 Å². The second-order valence-corrected chi connectivity index (χ2v) is 7.41. The summed E-state index contributed by atoms with van der Waals surface area (Å²) in [6, 6.07) is 2.28. The van der Waals surface area contributed by atoms with Crippen LogP contribution in [0.2, 0.25) is 0 Å². The molecule has 2 aliphatic rings. The van der Waals surface area contributed by atoms with Gasteiger partial charge in [-0.3, -0.25) is 4.79 Å². The van der Waals surface area contributed by atoms with Crippen LogP contribution in [0.15, 0.2) is 12.3 Å². The van der Waals surface area contributed by atoms with E-state index in [9.17, 15) is 4.79 Å². The number of hydrogen-bond donors (Lipinski definition) is 2. The van der Waals surface area contributed by atoms with Crippen molar-refractivity contribution in [3.63, 3.8) is 0 Å². The summed E-state index contributed by atoms with van der Waals surface area (Å²) in [5, 5.41) is 4.14. The van der Waals surface area contributed by atoms with Gasteiger partial charge in [0.25, 0.3) is 5.91 Å². The van der Waals surface area contributed by atoms with Crippen molar-refractivity contribution in [2.75, 3.05) is 5.73 Å². The summed E-state index contributed by atoms with van der Waals surface area (Å²) in [4.78, 5) is 18.4. The number of hydrogen-bond acceptors (Lipinski definition) is 4. The fourth-order valence-corrected chi connectivity index (χ4v) is 5.07. The lowest BCUT2D eigenvalue weighted by Gasteiger charge is -2.22. The molecule has 2 fully saturated rings. The molecule has 2 aromatic heterocycles. The molecule has 0 radical (unpaired) electrons. The summed E-state index contributed by atoms with van der Waals surface area (Å²) in [5.41, 5.74) is 7.86. The Labute approximate surface area is 127 Å². The molecule has 3 unspecified atom stereocenters. The molecule has 4 rings (SSSR count). The number of aryl methyl sites for hydroxylation is 1. The summed E-state index contributed by atoms with van der Waals surface area (Å²) in [6.45, 7) is 2.00. The number of nitrogen functional groups attached to an aromatic ring is 1. The molecule has 2 bridgehead atoms. The topological polar surface area (TPSA) is 68.0 Å². The van der Waals surface area contributed by atoms with Gasteiger partial charge in [-0.15, -0.1) is 11.3 Å². The van der Waals surface area contributed by atoms with Gasteiger partial charge in [-0.05, 0) is 49.7 Å². The Bertz CT molecular complexity index is 724. The number of pyridine rings is 1. The molecule has 0 spiro atoms. The van der Waals surface area contributed by atoms with Crippen molar-refractivity contribution in [2.45, 2.75) is 38.6 Å². The molecule has 0 saturated heterocycles. The lowest BCUT2D eigenvalue weighted by molar-refractivity contribution is 0.0928. The molecule has 21 heavy (non-hydrogen) atoms. The van der Waals surface area contributed by atoms with Crippen LogP contribution in [-0.4, -0.2) is 16.9 Å². The van der Waals surface area contributed by atoms with Crippen LogP contribution in [0.1, 0.15) is 40.9 Å². The number of fused-ring (bicyclic) bond motifs is 3. The minimum Gasteiger partial charge on any atom is -0.397 e. The number of rotatable bonds is 2. The minimum atomic E-state index is -0.0209. The third-order valence-electron chi connectivity index (χ3n) is 5.10. The van der Waals surface area contributed by atoms with Gasteiger partial charge in [-0.25, -0.2) is 4.98 Å². The van der Waals surface area contributed by atoms with Crippen LogP contribution in [0.5, 0.6) is 0 Å². The quantitative estimate of drug-likeness (QED) is 0.895. The molecule has 1 amide bonds. The number of aromatic nitrogens is 1. The van der Waals surface area contributed by atoms with Gasteiger partial charge in [-0.2, -0.15) is 0 Å². The maximum absolute atomic E-state index is 12.6. The molecule has 2 saturated carbocycles. The molecular formula is C16H19N3OS. The van der Waals surface area contributed by atoms with Gasteiger partial charge in [0.1, 0.15) is 9.71 Å². The first kappa shape index (κ1) is 13.1. The first-order chi connectivity index (χ1) is 10.1. The van der Waals surface area contributed by atoms with Crippen molar-refractivity contribution in [1.82, 2.24) is 10.3 Å². The average Bonchev–Trinajstić information content (AvgIpc) is 3.13. The van der Waals surface area contributed by atoms with Crippen molar-refractivity contribution in [3.8, 4) is 0 Å². The maximum atomic E-state index is 12.6. The van der Waals surface area contributed by atoms with Gasteiger partial charge in [0, 0.05) is 17.6 Å². The highest BCUT2D eigenvalue weighted by Gasteiger charge is 2.40. The van der Waals surface area contributed by atoms with E-state index in [4.69, 9.17) is 5.73 Å². The molecule has 3 N–H and O–H groups in total. The number of anilines is 1. The number of nitrogens with zero attached hydrogens (tertiary/aromatic N) is 1. The fraction of sp³-hybridized carbons (Fsp3) is 0.500. The molecule has 110 valence electrons. The highest BCUT2D eigenvalue weighted by atomic mass is 32.1. The van der Waals surface area contributed by atoms with Gasteiger partial charge in [-0.1, -0.05) is 6.42 Å². The summed E-state index contributed by atoms with van der Waals surface area (Å²) >= 11 is 1.40. The van der Waals surface area contributed by atoms with Crippen LogP contribution < -0.4 is 11.1 Å². The van der Waals surface area contributed by atoms with E-state index in [1.807, 2.05) is 13.0 Å². The number of nitrogens with one attached hydrogen (secondary N) is 1. The highest BCUT2D eigenvalue weighted by molar-refractivity contribution is 7.21. The Hall–Kier alpha value is -1.62. The molecular weight excluding hydrogens is 282 g/mol. The van der Waals surface area contributed by atoms with Crippen LogP contribution in [0.25, 0.3) is 10.2 Å². The predicted octanol–water partition coefficient (Wildman–Crippen LogP) is 3.11. The molecule has 3 atom stereocenters. The Morgan fingerprint density at radius 3 is 2.95 bits per heavy atom. The van der Waals surface area contributed by atoms with E-state index in [-0.39, 0.29) is 5.91 Å². The van der Waals surface area contributed by atoms with Crippen molar-refractivity contribution in [2.24, 2.45) is 11.8 Å². The van der Waals surface area contributed by atoms with Crippen molar-refractivity contribution >= 4 is 33.1 Å². The van der Waals surface area contributed by atoms with E-state index in [2.05, 4.69) is 10.3 Å². The van der Waals surface area contributed by atoms with E-state index in [1.165, 1.54) is 30.6 Å². The number of thiophene rings is 1. The molecule has 5 heteroatoms. The summed E-state index contributed by atoms with van der Waals surface area (Å²) in [6.07, 6.45) is 6.79. The average molecular weight is 301 g/mol. The lowest BCUT2D eigenvalue weighted by Crippen LogP contribution is -2.38. The molecule has 2 aromatic rings. The molecule has 4 nitrogen and oxygen atoms in total. The zero-order valence-corrected chi connectivity index (χ0v) is 12.9. The third kappa shape index (κ3) is 2.02. The monoisotopic (exact) mass is 301 g/mol. The van der Waals surface area contributed by atoms with Crippen LogP contribution in [-0.2, 0) is 0 Å². The predicted molar refractivity (Wildman–Crippen MR) is 85.5 cm³/mol. The van der Waals surface area contributed by atoms with Crippen molar-refractivity contribution < 1.29 is 4.79 Å². The Kier molecular flexibility index (Phi) is 2.92. The van der Waals surface area contributed by atoms with Gasteiger partial charge >= 0.3 is 0 Å². The zero-order chi connectivity index (χ0) is 14.6. The van der Waals surface area contributed by atoms with E-state index in [0.29, 0.717) is 22.5 Å². The van der Waals surface area contributed by atoms with Gasteiger partial charge in [0.15, 0.2) is 0 Å². The number of amides is 1. The maximum Gasteiger partial charge on any atom is 0.263 e. The first-order valence-corrected chi connectivity index (χ1v) is 8.39. The van der Waals surface area contributed by atoms with E-state index in [1.54, 1.807) is 6.20 Å². The molecule has 2 aliphatic carbocycles. The standard InChI is InChI=1S/C16H19N3OS/c1-8-4-5-18-16-12(8)13(17)14(21-16)15(20)19-11-7-9-2-3-10(11)6-9/h4-5,9-11H,2-3,6-7,17H2,1H3,(H,19,20). The zero-order valence-electron chi connectivity index (χ0n) is 12.1. The van der Waals surface area contributed by atoms with Crippen LogP contribution in [0.3, 0.4) is 0 Å². The smallest absolute Gasteiger partial charge is 0.263 e. The molecule has 0 aliphatic heterocycles. The Morgan fingerprint density at radius 1 is 1.43 bits per heavy atom. The largest absolute Gasteiger partial charge is 0.397 e. The number of nitrogens with two attached hydrogens (primary N) is 1. The van der Waals surface area contributed by atoms with Gasteiger partial charge < -0.3 is 11.1 Å². The van der Waals surface area contributed by atoms with E-state index < -0.39 is 0 Å². The molecule has 0 aromatic carbocycles. The molecule has 2 heterocycles. The normalized spacial score (nSPS) is 27.4. The van der Waals surface area contributed by atoms with E-state index in [0.717, 1.165) is 28.1 Å². The number of carbonyl (C=O) groups excluding carboxylic acids is 1. The summed E-state index contributed by atoms with van der Waals surface area (Å²) in [7, 11) is 0. The second-order valence-electron chi connectivity index (χ2n) is 6.41. The first-order valence-electron chi connectivity index (χ1n) is 7.58. The second kappa shape index (κ2) is 4.70. The summed E-state index contributed by atoms with van der Waals surface area (Å²) in [5.74, 6) is 1.48. The highest BCUT2D eigenvalue weighted by Crippen LogP contribution is 2.44. The van der Waals surface area contributed by atoms with Crippen molar-refractivity contribution in [1.29, 1.82) is 0 Å². The lowest BCUT2D eigenvalue weighted by atomic mass is 9.95. The third-order valence-corrected chi connectivity index (χ3v) is 6.21. The Morgan fingerprint density at radius 2 is 2.29 bits per heavy atom. The minimum absolute atomic E-state index is 0.0209. The SMILES string of the molecule is Cc1ccnc2sc(C(=O)NC3CC4CCC3C4)c(N)c12. The van der Waals surface area contributed by atoms with Crippen LogP contribution in [0, 0.1) is 18.8 Å². The summed E-state index contributed by atoms with van der Waals surface area (Å²) < 4.78 is 0. The fourth-order valence-electron chi connectivity index (χ4n) is 4.03. The van der Waals surface area contributed by atoms with Gasteiger partial charge in [0.05, 0.1) is 5.69 Å². The van der Waals surface area contributed by atoms with Gasteiger partial charge in [0.2, 0.25) is 0 Å². The Balaban J connectivity index is 1.62. The van der Waals surface area contributed by atoms with Crippen LogP contribution in [0.4, 0.5) is 5.69 Å².